The van der Waals surface area contributed by atoms with E-state index >= 15 is 0 Å². The van der Waals surface area contributed by atoms with Crippen LogP contribution in [0, 0.1) is 6.92 Å². The van der Waals surface area contributed by atoms with Gasteiger partial charge in [-0.25, -0.2) is 10.4 Å². The molecule has 0 bridgehead atoms. The third-order valence-corrected chi connectivity index (χ3v) is 3.64. The van der Waals surface area contributed by atoms with E-state index in [-0.39, 0.29) is 6.04 Å². The van der Waals surface area contributed by atoms with Gasteiger partial charge in [-0.15, -0.1) is 11.3 Å². The van der Waals surface area contributed by atoms with Crippen molar-refractivity contribution in [2.24, 2.45) is 5.84 Å². The zero-order valence-corrected chi connectivity index (χ0v) is 12.0. The molecule has 0 radical (unpaired) electrons. The molecule has 0 saturated heterocycles. The number of ether oxygens (including phenoxy) is 2. The van der Waals surface area contributed by atoms with Crippen molar-refractivity contribution in [1.29, 1.82) is 0 Å². The number of rotatable bonds is 5. The van der Waals surface area contributed by atoms with E-state index < -0.39 is 0 Å². The minimum absolute atomic E-state index is 0.227. The summed E-state index contributed by atoms with van der Waals surface area (Å²) in [6, 6.07) is 5.38. The number of aryl methyl sites for hydroxylation is 1. The SMILES string of the molecule is COc1ccc(OC)c(C(NN)c2csc(C)n2)c1. The standard InChI is InChI=1S/C13H17N3O2S/c1-8-15-11(7-19-8)13(16-14)10-6-9(17-2)4-5-12(10)18-3/h4-7,13,16H,14H2,1-3H3. The van der Waals surface area contributed by atoms with E-state index in [1.54, 1.807) is 25.6 Å². The van der Waals surface area contributed by atoms with Crippen LogP contribution in [-0.4, -0.2) is 19.2 Å². The smallest absolute Gasteiger partial charge is 0.124 e. The predicted molar refractivity (Wildman–Crippen MR) is 75.6 cm³/mol. The fraction of sp³-hybridized carbons (Fsp3) is 0.308. The molecule has 0 spiro atoms. The van der Waals surface area contributed by atoms with Crippen LogP contribution in [0.25, 0.3) is 0 Å². The van der Waals surface area contributed by atoms with Crippen LogP contribution < -0.4 is 20.7 Å². The predicted octanol–water partition coefficient (Wildman–Crippen LogP) is 2.02. The van der Waals surface area contributed by atoms with Crippen molar-refractivity contribution in [3.63, 3.8) is 0 Å². The summed E-state index contributed by atoms with van der Waals surface area (Å²) < 4.78 is 10.6. The lowest BCUT2D eigenvalue weighted by Gasteiger charge is -2.18. The summed E-state index contributed by atoms with van der Waals surface area (Å²) in [6.45, 7) is 1.96. The summed E-state index contributed by atoms with van der Waals surface area (Å²) in [6.07, 6.45) is 0. The number of benzene rings is 1. The van der Waals surface area contributed by atoms with Crippen LogP contribution in [-0.2, 0) is 0 Å². The lowest BCUT2D eigenvalue weighted by atomic mass is 10.0. The van der Waals surface area contributed by atoms with Crippen LogP contribution in [0.5, 0.6) is 11.5 Å². The monoisotopic (exact) mass is 279 g/mol. The number of hydrazine groups is 1. The Morgan fingerprint density at radius 1 is 1.32 bits per heavy atom. The van der Waals surface area contributed by atoms with Crippen molar-refractivity contribution in [1.82, 2.24) is 10.4 Å². The van der Waals surface area contributed by atoms with E-state index in [9.17, 15) is 0 Å². The molecule has 0 fully saturated rings. The molecule has 0 amide bonds. The van der Waals surface area contributed by atoms with Gasteiger partial charge in [0.05, 0.1) is 31.0 Å². The first-order valence-electron chi connectivity index (χ1n) is 5.79. The Balaban J connectivity index is 2.47. The number of thiazole rings is 1. The number of nitrogens with zero attached hydrogens (tertiary/aromatic N) is 1. The third kappa shape index (κ3) is 2.86. The van der Waals surface area contributed by atoms with Crippen molar-refractivity contribution in [3.8, 4) is 11.5 Å². The molecule has 102 valence electrons. The highest BCUT2D eigenvalue weighted by atomic mass is 32.1. The molecule has 2 rings (SSSR count). The number of nitrogens with one attached hydrogen (secondary N) is 1. The number of nitrogens with two attached hydrogens (primary N) is 1. The molecule has 0 saturated carbocycles. The van der Waals surface area contributed by atoms with Gasteiger partial charge in [-0.3, -0.25) is 5.84 Å². The minimum atomic E-state index is -0.227. The second-order valence-electron chi connectivity index (χ2n) is 4.00. The summed E-state index contributed by atoms with van der Waals surface area (Å²) in [5.74, 6) is 7.18. The maximum Gasteiger partial charge on any atom is 0.124 e. The van der Waals surface area contributed by atoms with Gasteiger partial charge in [0.2, 0.25) is 0 Å². The average Bonchev–Trinajstić information content (AvgIpc) is 2.86. The highest BCUT2D eigenvalue weighted by molar-refractivity contribution is 7.09. The average molecular weight is 279 g/mol. The van der Waals surface area contributed by atoms with Gasteiger partial charge in [0, 0.05) is 10.9 Å². The molecular formula is C13H17N3O2S. The summed E-state index contributed by atoms with van der Waals surface area (Å²) in [5.41, 5.74) is 4.55. The maximum absolute atomic E-state index is 5.68. The first-order chi connectivity index (χ1) is 9.19. The van der Waals surface area contributed by atoms with Gasteiger partial charge in [0.15, 0.2) is 0 Å². The van der Waals surface area contributed by atoms with Crippen LogP contribution in [0.1, 0.15) is 22.3 Å². The molecule has 0 aliphatic heterocycles. The molecule has 1 aromatic heterocycles. The molecule has 6 heteroatoms. The van der Waals surface area contributed by atoms with Crippen LogP contribution in [0.4, 0.5) is 0 Å². The molecule has 19 heavy (non-hydrogen) atoms. The molecule has 0 aliphatic rings. The second kappa shape index (κ2) is 6.01. The maximum atomic E-state index is 5.68. The zero-order chi connectivity index (χ0) is 13.8. The van der Waals surface area contributed by atoms with E-state index in [1.165, 1.54) is 0 Å². The Bertz CT molecular complexity index is 557. The lowest BCUT2D eigenvalue weighted by molar-refractivity contribution is 0.393. The summed E-state index contributed by atoms with van der Waals surface area (Å²) in [5, 5.41) is 2.98. The fourth-order valence-electron chi connectivity index (χ4n) is 1.91. The van der Waals surface area contributed by atoms with E-state index in [2.05, 4.69) is 10.4 Å². The van der Waals surface area contributed by atoms with Crippen molar-refractivity contribution >= 4 is 11.3 Å². The molecular weight excluding hydrogens is 262 g/mol. The molecule has 1 aromatic carbocycles. The molecule has 1 unspecified atom stereocenters. The molecule has 1 heterocycles. The van der Waals surface area contributed by atoms with E-state index in [0.29, 0.717) is 0 Å². The van der Waals surface area contributed by atoms with Crippen molar-refractivity contribution < 1.29 is 9.47 Å². The molecule has 0 aliphatic carbocycles. The molecule has 5 nitrogen and oxygen atoms in total. The second-order valence-corrected chi connectivity index (χ2v) is 5.06. The number of hydrogen-bond donors (Lipinski definition) is 2. The van der Waals surface area contributed by atoms with Crippen molar-refractivity contribution in [2.75, 3.05) is 14.2 Å². The number of hydrogen-bond acceptors (Lipinski definition) is 6. The molecule has 3 N–H and O–H groups in total. The zero-order valence-electron chi connectivity index (χ0n) is 11.1. The normalized spacial score (nSPS) is 12.2. The Morgan fingerprint density at radius 3 is 2.63 bits per heavy atom. The van der Waals surface area contributed by atoms with E-state index in [0.717, 1.165) is 27.8 Å². The van der Waals surface area contributed by atoms with Gasteiger partial charge in [-0.05, 0) is 25.1 Å². The first-order valence-corrected chi connectivity index (χ1v) is 6.67. The topological polar surface area (TPSA) is 69.4 Å². The third-order valence-electron chi connectivity index (χ3n) is 2.85. The van der Waals surface area contributed by atoms with Crippen LogP contribution in [0.3, 0.4) is 0 Å². The minimum Gasteiger partial charge on any atom is -0.497 e. The molecule has 1 atom stereocenters. The quantitative estimate of drug-likeness (QED) is 0.647. The van der Waals surface area contributed by atoms with Gasteiger partial charge in [0.1, 0.15) is 11.5 Å². The van der Waals surface area contributed by atoms with Gasteiger partial charge in [-0.1, -0.05) is 0 Å². The Morgan fingerprint density at radius 2 is 2.11 bits per heavy atom. The summed E-state index contributed by atoms with van der Waals surface area (Å²) >= 11 is 1.59. The van der Waals surface area contributed by atoms with Crippen LogP contribution >= 0.6 is 11.3 Å². The first kappa shape index (κ1) is 13.8. The summed E-state index contributed by atoms with van der Waals surface area (Å²) in [7, 11) is 3.26. The largest absolute Gasteiger partial charge is 0.497 e. The number of aromatic nitrogens is 1. The van der Waals surface area contributed by atoms with Crippen LogP contribution in [0.15, 0.2) is 23.6 Å². The van der Waals surface area contributed by atoms with Gasteiger partial charge in [-0.2, -0.15) is 0 Å². The fourth-order valence-corrected chi connectivity index (χ4v) is 2.55. The van der Waals surface area contributed by atoms with Crippen LogP contribution in [0.2, 0.25) is 0 Å². The summed E-state index contributed by atoms with van der Waals surface area (Å²) in [4.78, 5) is 4.47. The number of methoxy groups -OCH3 is 2. The van der Waals surface area contributed by atoms with Crippen molar-refractivity contribution in [2.45, 2.75) is 13.0 Å². The van der Waals surface area contributed by atoms with Gasteiger partial charge in [0.25, 0.3) is 0 Å². The van der Waals surface area contributed by atoms with E-state index in [1.807, 2.05) is 30.5 Å². The highest BCUT2D eigenvalue weighted by Crippen LogP contribution is 2.32. The van der Waals surface area contributed by atoms with E-state index in [4.69, 9.17) is 15.3 Å². The highest BCUT2D eigenvalue weighted by Gasteiger charge is 2.20. The Labute approximate surface area is 116 Å². The van der Waals surface area contributed by atoms with Gasteiger partial charge < -0.3 is 9.47 Å². The Kier molecular flexibility index (Phi) is 4.36. The van der Waals surface area contributed by atoms with Gasteiger partial charge >= 0.3 is 0 Å². The lowest BCUT2D eigenvalue weighted by Crippen LogP contribution is -2.29. The van der Waals surface area contributed by atoms with Crippen molar-refractivity contribution in [3.05, 3.63) is 39.8 Å². The molecule has 2 aromatic rings. The Hall–Kier alpha value is -1.63.